The minimum absolute atomic E-state index is 0.0501. The first-order valence-electron chi connectivity index (χ1n) is 13.0. The first kappa shape index (κ1) is 32.9. The van der Waals surface area contributed by atoms with Crippen molar-refractivity contribution >= 4 is 39.1 Å². The van der Waals surface area contributed by atoms with E-state index in [9.17, 15) is 31.2 Å². The van der Waals surface area contributed by atoms with Crippen molar-refractivity contribution < 1.29 is 31.2 Å². The number of aryl methyl sites for hydroxylation is 1. The van der Waals surface area contributed by atoms with Crippen molar-refractivity contribution in [3.8, 4) is 0 Å². The van der Waals surface area contributed by atoms with Gasteiger partial charge in [0.1, 0.15) is 12.6 Å². The monoisotopic (exact) mass is 623 g/mol. The quantitative estimate of drug-likeness (QED) is 0.308. The minimum Gasteiger partial charge on any atom is -0.350 e. The number of anilines is 1. The fourth-order valence-electron chi connectivity index (χ4n) is 4.08. The van der Waals surface area contributed by atoms with Crippen molar-refractivity contribution in [2.24, 2.45) is 0 Å². The van der Waals surface area contributed by atoms with Gasteiger partial charge in [-0.25, -0.2) is 8.42 Å². The van der Waals surface area contributed by atoms with Crippen LogP contribution in [0.1, 0.15) is 44.4 Å². The average Bonchev–Trinajstić information content (AvgIpc) is 2.90. The van der Waals surface area contributed by atoms with Gasteiger partial charge in [0.25, 0.3) is 10.0 Å². The molecule has 1 atom stereocenters. The number of carbonyl (C=O) groups excluding carboxylic acids is 2. The lowest BCUT2D eigenvalue weighted by atomic mass is 10.1. The molecule has 0 spiro atoms. The number of hydrogen-bond acceptors (Lipinski definition) is 4. The maximum absolute atomic E-state index is 13.9. The molecule has 0 bridgehead atoms. The third kappa shape index (κ3) is 8.25. The third-order valence-electron chi connectivity index (χ3n) is 6.29. The number of benzene rings is 3. The summed E-state index contributed by atoms with van der Waals surface area (Å²) >= 11 is 5.80. The second kappa shape index (κ2) is 12.7. The molecule has 3 aromatic rings. The van der Waals surface area contributed by atoms with E-state index < -0.39 is 62.4 Å². The zero-order valence-electron chi connectivity index (χ0n) is 23.9. The summed E-state index contributed by atoms with van der Waals surface area (Å²) in [6, 6.07) is 15.8. The Kier molecular flexibility index (Phi) is 10.00. The summed E-state index contributed by atoms with van der Waals surface area (Å²) in [5, 5.41) is 2.19. The maximum Gasteiger partial charge on any atom is 0.417 e. The molecular formula is C30H33ClF3N3O4S. The Morgan fingerprint density at radius 1 is 0.952 bits per heavy atom. The number of rotatable bonds is 9. The van der Waals surface area contributed by atoms with Gasteiger partial charge in [0.05, 0.1) is 21.2 Å². The zero-order valence-corrected chi connectivity index (χ0v) is 25.4. The summed E-state index contributed by atoms with van der Waals surface area (Å²) in [6.07, 6.45) is -4.88. The second-order valence-electron chi connectivity index (χ2n) is 10.9. The summed E-state index contributed by atoms with van der Waals surface area (Å²) < 4.78 is 69.4. The van der Waals surface area contributed by atoms with Crippen molar-refractivity contribution in [2.45, 2.75) is 63.8 Å². The van der Waals surface area contributed by atoms with Gasteiger partial charge in [0.15, 0.2) is 0 Å². The molecule has 0 fully saturated rings. The molecule has 0 aliphatic carbocycles. The van der Waals surface area contributed by atoms with E-state index in [0.29, 0.717) is 15.9 Å². The molecule has 12 heteroatoms. The predicted molar refractivity (Wildman–Crippen MR) is 157 cm³/mol. The Morgan fingerprint density at radius 3 is 2.10 bits per heavy atom. The molecule has 1 N–H and O–H groups in total. The molecule has 7 nitrogen and oxygen atoms in total. The smallest absolute Gasteiger partial charge is 0.350 e. The van der Waals surface area contributed by atoms with Gasteiger partial charge in [0.2, 0.25) is 11.8 Å². The van der Waals surface area contributed by atoms with Crippen LogP contribution >= 0.6 is 11.6 Å². The average molecular weight is 624 g/mol. The van der Waals surface area contributed by atoms with Crippen LogP contribution in [0.3, 0.4) is 0 Å². The normalized spacial score (nSPS) is 12.9. The molecule has 0 radical (unpaired) electrons. The Labute approximate surface area is 249 Å². The van der Waals surface area contributed by atoms with Gasteiger partial charge >= 0.3 is 6.18 Å². The van der Waals surface area contributed by atoms with Crippen molar-refractivity contribution in [3.05, 3.63) is 94.5 Å². The number of nitrogens with zero attached hydrogens (tertiary/aromatic N) is 2. The summed E-state index contributed by atoms with van der Waals surface area (Å²) in [4.78, 5) is 28.0. The number of hydrogen-bond donors (Lipinski definition) is 1. The van der Waals surface area contributed by atoms with Crippen LogP contribution in [0.25, 0.3) is 0 Å². The van der Waals surface area contributed by atoms with Crippen molar-refractivity contribution in [1.29, 1.82) is 0 Å². The van der Waals surface area contributed by atoms with Crippen molar-refractivity contribution in [1.82, 2.24) is 10.2 Å². The van der Waals surface area contributed by atoms with Crippen LogP contribution < -0.4 is 9.62 Å². The van der Waals surface area contributed by atoms with Crippen LogP contribution in [0.2, 0.25) is 5.02 Å². The van der Waals surface area contributed by atoms with E-state index in [1.165, 1.54) is 36.1 Å². The van der Waals surface area contributed by atoms with E-state index in [2.05, 4.69) is 5.32 Å². The molecule has 2 amide bonds. The Bertz CT molecular complexity index is 1520. The van der Waals surface area contributed by atoms with Gasteiger partial charge in [-0.05, 0) is 70.5 Å². The lowest BCUT2D eigenvalue weighted by Crippen LogP contribution is -2.54. The molecule has 3 rings (SSSR count). The van der Waals surface area contributed by atoms with E-state index >= 15 is 0 Å². The lowest BCUT2D eigenvalue weighted by molar-refractivity contribution is -0.140. The van der Waals surface area contributed by atoms with Gasteiger partial charge in [0, 0.05) is 12.1 Å². The third-order valence-corrected chi connectivity index (χ3v) is 8.41. The summed E-state index contributed by atoms with van der Waals surface area (Å²) in [6.45, 7) is 7.79. The molecule has 0 unspecified atom stereocenters. The zero-order chi connectivity index (χ0) is 31.5. The molecule has 0 saturated heterocycles. The number of alkyl halides is 3. The van der Waals surface area contributed by atoms with E-state index in [4.69, 9.17) is 11.6 Å². The number of amides is 2. The molecule has 0 aliphatic rings. The second-order valence-corrected chi connectivity index (χ2v) is 13.2. The maximum atomic E-state index is 13.9. The summed E-state index contributed by atoms with van der Waals surface area (Å²) in [5.74, 6) is -1.28. The summed E-state index contributed by atoms with van der Waals surface area (Å²) in [5.41, 5.74) is -0.641. The van der Waals surface area contributed by atoms with E-state index in [-0.39, 0.29) is 11.4 Å². The molecule has 42 heavy (non-hydrogen) atoms. The van der Waals surface area contributed by atoms with Gasteiger partial charge in [-0.2, -0.15) is 13.2 Å². The number of sulfonamides is 1. The largest absolute Gasteiger partial charge is 0.417 e. The number of carbonyl (C=O) groups is 2. The summed E-state index contributed by atoms with van der Waals surface area (Å²) in [7, 11) is -4.54. The standard InChI is InChI=1S/C30H33ClF3N3O4S/c1-20-11-13-22(14-12-20)18-36(21(2)28(39)35-29(3,4)5)27(38)19-37(42(40,41)24-9-7-6-8-10-24)23-15-16-26(31)25(17-23)30(32,33)34/h6-17,21H,18-19H2,1-5H3,(H,35,39)/t21-/m0/s1. The van der Waals surface area contributed by atoms with Gasteiger partial charge < -0.3 is 10.2 Å². The molecule has 226 valence electrons. The predicted octanol–water partition coefficient (Wildman–Crippen LogP) is 6.19. The number of halogens is 4. The lowest BCUT2D eigenvalue weighted by Gasteiger charge is -2.33. The van der Waals surface area contributed by atoms with Crippen LogP contribution in [0.15, 0.2) is 77.7 Å². The number of nitrogens with one attached hydrogen (secondary N) is 1. The van der Waals surface area contributed by atoms with Crippen LogP contribution in [-0.4, -0.2) is 43.3 Å². The molecule has 0 saturated carbocycles. The molecular weight excluding hydrogens is 591 g/mol. The van der Waals surface area contributed by atoms with Gasteiger partial charge in [-0.3, -0.25) is 13.9 Å². The Balaban J connectivity index is 2.11. The SMILES string of the molecule is Cc1ccc(CN(C(=O)CN(c2ccc(Cl)c(C(F)(F)F)c2)S(=O)(=O)c2ccccc2)[C@@H](C)C(=O)NC(C)(C)C)cc1. The van der Waals surface area contributed by atoms with E-state index in [0.717, 1.165) is 17.7 Å². The molecule has 3 aromatic carbocycles. The van der Waals surface area contributed by atoms with E-state index in [1.54, 1.807) is 39.0 Å². The Morgan fingerprint density at radius 2 is 1.55 bits per heavy atom. The first-order valence-corrected chi connectivity index (χ1v) is 14.8. The highest BCUT2D eigenvalue weighted by Crippen LogP contribution is 2.38. The van der Waals surface area contributed by atoms with Crippen LogP contribution in [-0.2, 0) is 32.3 Å². The highest BCUT2D eigenvalue weighted by atomic mass is 35.5. The fourth-order valence-corrected chi connectivity index (χ4v) is 5.73. The minimum atomic E-state index is -4.88. The van der Waals surface area contributed by atoms with Gasteiger partial charge in [-0.1, -0.05) is 59.6 Å². The van der Waals surface area contributed by atoms with Crippen molar-refractivity contribution in [2.75, 3.05) is 10.8 Å². The van der Waals surface area contributed by atoms with Crippen molar-refractivity contribution in [3.63, 3.8) is 0 Å². The highest BCUT2D eigenvalue weighted by Gasteiger charge is 2.37. The van der Waals surface area contributed by atoms with E-state index in [1.807, 2.05) is 19.1 Å². The van der Waals surface area contributed by atoms with Crippen LogP contribution in [0.5, 0.6) is 0 Å². The first-order chi connectivity index (χ1) is 19.4. The van der Waals surface area contributed by atoms with Gasteiger partial charge in [-0.15, -0.1) is 0 Å². The molecule has 0 heterocycles. The van der Waals surface area contributed by atoms with Crippen LogP contribution in [0.4, 0.5) is 18.9 Å². The Hall–Kier alpha value is -3.57. The van der Waals surface area contributed by atoms with Crippen LogP contribution in [0, 0.1) is 6.92 Å². The fraction of sp³-hybridized carbons (Fsp3) is 0.333. The molecule has 0 aromatic heterocycles. The topological polar surface area (TPSA) is 86.8 Å². The highest BCUT2D eigenvalue weighted by molar-refractivity contribution is 7.92. The molecule has 0 aliphatic heterocycles.